The number of nitrogens with zero attached hydrogens (tertiary/aromatic N) is 3. The van der Waals surface area contributed by atoms with E-state index in [1.165, 1.54) is 16.8 Å². The molecule has 0 bridgehead atoms. The zero-order valence-electron chi connectivity index (χ0n) is 12.0. The van der Waals surface area contributed by atoms with Crippen LogP contribution in [0.1, 0.15) is 28.5 Å². The lowest BCUT2D eigenvalue weighted by atomic mass is 10.1. The second kappa shape index (κ2) is 5.74. The first-order valence-electron chi connectivity index (χ1n) is 6.41. The molecule has 7 heteroatoms. The smallest absolute Gasteiger partial charge is 0.311 e. The summed E-state index contributed by atoms with van der Waals surface area (Å²) in [6.07, 6.45) is 1.31. The van der Waals surface area contributed by atoms with Gasteiger partial charge < -0.3 is 4.74 Å². The highest BCUT2D eigenvalue weighted by atomic mass is 16.6. The fourth-order valence-corrected chi connectivity index (χ4v) is 2.03. The maximum Gasteiger partial charge on any atom is 0.311 e. The van der Waals surface area contributed by atoms with E-state index in [9.17, 15) is 14.9 Å². The number of hydrogen-bond donors (Lipinski definition) is 0. The lowest BCUT2D eigenvalue weighted by Crippen LogP contribution is -2.00. The Morgan fingerprint density at radius 2 is 2.19 bits per heavy atom. The van der Waals surface area contributed by atoms with Crippen LogP contribution in [0.5, 0.6) is 11.6 Å². The van der Waals surface area contributed by atoms with Crippen LogP contribution in [0.3, 0.4) is 0 Å². The van der Waals surface area contributed by atoms with Crippen LogP contribution in [-0.4, -0.2) is 21.0 Å². The fourth-order valence-electron chi connectivity index (χ4n) is 2.03. The molecule has 0 radical (unpaired) electrons. The number of ether oxygens (including phenoxy) is 1. The third-order valence-corrected chi connectivity index (χ3v) is 3.17. The van der Waals surface area contributed by atoms with Crippen molar-refractivity contribution in [2.45, 2.75) is 20.3 Å². The predicted molar refractivity (Wildman–Crippen MR) is 75.9 cm³/mol. The van der Waals surface area contributed by atoms with Gasteiger partial charge in [-0.15, -0.1) is 0 Å². The third-order valence-electron chi connectivity index (χ3n) is 3.17. The Morgan fingerprint density at radius 1 is 1.48 bits per heavy atom. The van der Waals surface area contributed by atoms with Crippen molar-refractivity contribution in [3.8, 4) is 11.6 Å². The van der Waals surface area contributed by atoms with Crippen LogP contribution in [0.15, 0.2) is 18.2 Å². The maximum atomic E-state index is 11.2. The Hall–Kier alpha value is -2.70. The van der Waals surface area contributed by atoms with Crippen LogP contribution < -0.4 is 4.74 Å². The molecule has 0 aliphatic heterocycles. The largest absolute Gasteiger partial charge is 0.431 e. The van der Waals surface area contributed by atoms with Gasteiger partial charge in [-0.05, 0) is 25.0 Å². The summed E-state index contributed by atoms with van der Waals surface area (Å²) in [5.74, 6) is 0.276. The number of carbonyl (C=O) groups is 1. The summed E-state index contributed by atoms with van der Waals surface area (Å²) in [5.41, 5.74) is 1.50. The molecule has 0 unspecified atom stereocenters. The van der Waals surface area contributed by atoms with E-state index in [4.69, 9.17) is 4.74 Å². The van der Waals surface area contributed by atoms with E-state index in [0.29, 0.717) is 18.4 Å². The number of rotatable bonds is 5. The molecule has 0 aliphatic carbocycles. The van der Waals surface area contributed by atoms with Gasteiger partial charge in [0.1, 0.15) is 0 Å². The number of nitro groups is 1. The van der Waals surface area contributed by atoms with Gasteiger partial charge in [-0.2, -0.15) is 5.10 Å². The van der Waals surface area contributed by atoms with Gasteiger partial charge >= 0.3 is 5.69 Å². The topological polar surface area (TPSA) is 87.3 Å². The maximum absolute atomic E-state index is 11.2. The van der Waals surface area contributed by atoms with Gasteiger partial charge in [0.15, 0.2) is 6.29 Å². The van der Waals surface area contributed by atoms with Crippen molar-refractivity contribution >= 4 is 12.0 Å². The molecular weight excluding hydrogens is 274 g/mol. The van der Waals surface area contributed by atoms with Crippen LogP contribution in [-0.2, 0) is 13.5 Å². The summed E-state index contributed by atoms with van der Waals surface area (Å²) in [7, 11) is 1.61. The Bertz CT molecular complexity index is 706. The lowest BCUT2D eigenvalue weighted by Gasteiger charge is -2.08. The molecule has 0 amide bonds. The first-order valence-corrected chi connectivity index (χ1v) is 6.41. The average molecular weight is 289 g/mol. The van der Waals surface area contributed by atoms with Crippen LogP contribution in [0.2, 0.25) is 0 Å². The number of aldehydes is 1. The molecule has 0 atom stereocenters. The van der Waals surface area contributed by atoms with Crippen molar-refractivity contribution in [2.24, 2.45) is 7.05 Å². The molecule has 0 saturated heterocycles. The summed E-state index contributed by atoms with van der Waals surface area (Å²) < 4.78 is 6.96. The minimum atomic E-state index is -0.502. The highest BCUT2D eigenvalue weighted by Gasteiger charge is 2.21. The monoisotopic (exact) mass is 289 g/mol. The molecule has 1 aromatic heterocycles. The first kappa shape index (κ1) is 14.7. The molecular formula is C14H15N3O4. The zero-order chi connectivity index (χ0) is 15.6. The summed E-state index contributed by atoms with van der Waals surface area (Å²) >= 11 is 0. The fraction of sp³-hybridized carbons (Fsp3) is 0.286. The van der Waals surface area contributed by atoms with Crippen molar-refractivity contribution in [3.63, 3.8) is 0 Å². The number of hydrogen-bond acceptors (Lipinski definition) is 5. The van der Waals surface area contributed by atoms with Crippen molar-refractivity contribution in [3.05, 3.63) is 45.1 Å². The SMILES string of the molecule is CCc1ccc(Oc2c(C=O)c(C)nn2C)c([N+](=O)[O-])c1. The molecule has 0 N–H and O–H groups in total. The van der Waals surface area contributed by atoms with Crippen LogP contribution in [0.25, 0.3) is 0 Å². The molecule has 1 aromatic carbocycles. The summed E-state index contributed by atoms with van der Waals surface area (Å²) in [5, 5.41) is 15.2. The number of benzene rings is 1. The Labute approximate surface area is 121 Å². The van der Waals surface area contributed by atoms with Gasteiger partial charge in [-0.25, -0.2) is 4.68 Å². The molecule has 110 valence electrons. The molecule has 0 spiro atoms. The van der Waals surface area contributed by atoms with Crippen molar-refractivity contribution in [2.75, 3.05) is 0 Å². The van der Waals surface area contributed by atoms with E-state index in [2.05, 4.69) is 5.10 Å². The van der Waals surface area contributed by atoms with Crippen molar-refractivity contribution in [1.29, 1.82) is 0 Å². The van der Waals surface area contributed by atoms with Gasteiger partial charge in [-0.3, -0.25) is 14.9 Å². The highest BCUT2D eigenvalue weighted by molar-refractivity contribution is 5.80. The standard InChI is InChI=1S/C14H15N3O4/c1-4-10-5-6-13(12(7-10)17(19)20)21-14-11(8-18)9(2)15-16(14)3/h5-8H,4H2,1-3H3. The van der Waals surface area contributed by atoms with E-state index >= 15 is 0 Å². The van der Waals surface area contributed by atoms with E-state index in [0.717, 1.165) is 5.56 Å². The van der Waals surface area contributed by atoms with Gasteiger partial charge in [0.05, 0.1) is 16.2 Å². The highest BCUT2D eigenvalue weighted by Crippen LogP contribution is 2.33. The number of nitro benzene ring substituents is 1. The normalized spacial score (nSPS) is 10.4. The van der Waals surface area contributed by atoms with Crippen molar-refractivity contribution < 1.29 is 14.5 Å². The van der Waals surface area contributed by atoms with Crippen LogP contribution in [0.4, 0.5) is 5.69 Å². The summed E-state index contributed by atoms with van der Waals surface area (Å²) in [6, 6.07) is 4.76. The van der Waals surface area contributed by atoms with Crippen LogP contribution >= 0.6 is 0 Å². The molecule has 2 aromatic rings. The number of carbonyl (C=O) groups excluding carboxylic acids is 1. The van der Waals surface area contributed by atoms with E-state index in [-0.39, 0.29) is 22.9 Å². The zero-order valence-corrected chi connectivity index (χ0v) is 12.0. The Morgan fingerprint density at radius 3 is 2.76 bits per heavy atom. The van der Waals surface area contributed by atoms with Crippen molar-refractivity contribution in [1.82, 2.24) is 9.78 Å². The quantitative estimate of drug-likeness (QED) is 0.480. The molecule has 1 heterocycles. The predicted octanol–water partition coefficient (Wildman–Crippen LogP) is 2.80. The van der Waals surface area contributed by atoms with E-state index in [1.54, 1.807) is 20.0 Å². The molecule has 21 heavy (non-hydrogen) atoms. The number of aromatic nitrogens is 2. The second-order valence-corrected chi connectivity index (χ2v) is 4.56. The van der Waals surface area contributed by atoms with E-state index in [1.807, 2.05) is 6.92 Å². The van der Waals surface area contributed by atoms with Gasteiger partial charge in [-0.1, -0.05) is 13.0 Å². The molecule has 0 fully saturated rings. The molecule has 0 aliphatic rings. The first-order chi connectivity index (χ1) is 9.97. The lowest BCUT2D eigenvalue weighted by molar-refractivity contribution is -0.385. The minimum absolute atomic E-state index is 0.0864. The average Bonchev–Trinajstić information content (AvgIpc) is 2.72. The number of aryl methyl sites for hydroxylation is 3. The Kier molecular flexibility index (Phi) is 4.02. The minimum Gasteiger partial charge on any atom is -0.431 e. The summed E-state index contributed by atoms with van der Waals surface area (Å²) in [6.45, 7) is 3.58. The van der Waals surface area contributed by atoms with E-state index < -0.39 is 4.92 Å². The third kappa shape index (κ3) is 2.76. The molecule has 7 nitrogen and oxygen atoms in total. The van der Waals surface area contributed by atoms with Gasteiger partial charge in [0.25, 0.3) is 0 Å². The molecule has 2 rings (SSSR count). The van der Waals surface area contributed by atoms with Gasteiger partial charge in [0, 0.05) is 13.1 Å². The summed E-state index contributed by atoms with van der Waals surface area (Å²) in [4.78, 5) is 21.8. The second-order valence-electron chi connectivity index (χ2n) is 4.56. The molecule has 0 saturated carbocycles. The van der Waals surface area contributed by atoms with Crippen LogP contribution in [0, 0.1) is 17.0 Å². The van der Waals surface area contributed by atoms with Gasteiger partial charge in [0.2, 0.25) is 11.6 Å². The Balaban J connectivity index is 2.49.